The van der Waals surface area contributed by atoms with E-state index in [9.17, 15) is 9.90 Å². The minimum atomic E-state index is -0.927. The second kappa shape index (κ2) is 7.06. The molecule has 1 aromatic rings. The fraction of sp³-hybridized carbons (Fsp3) is 0.632. The van der Waals surface area contributed by atoms with Crippen LogP contribution in [0, 0.1) is 0 Å². The Morgan fingerprint density at radius 3 is 2.19 bits per heavy atom. The first-order chi connectivity index (χ1) is 11.7. The Bertz CT molecular complexity index is 669. The van der Waals surface area contributed by atoms with Crippen molar-refractivity contribution in [2.24, 2.45) is 0 Å². The van der Waals surface area contributed by atoms with E-state index in [1.54, 1.807) is 0 Å². The van der Waals surface area contributed by atoms with Gasteiger partial charge < -0.3 is 19.3 Å². The molecule has 1 aromatic carbocycles. The Morgan fingerprint density at radius 2 is 1.73 bits per heavy atom. The van der Waals surface area contributed by atoms with Crippen molar-refractivity contribution in [2.45, 2.75) is 71.6 Å². The molecule has 7 heteroatoms. The summed E-state index contributed by atoms with van der Waals surface area (Å²) in [6, 6.07) is 5.58. The zero-order valence-corrected chi connectivity index (χ0v) is 17.5. The Morgan fingerprint density at radius 1 is 1.19 bits per heavy atom. The molecular weight excluding hydrogens is 352 g/mol. The number of nitrogens with zero attached hydrogens (tertiary/aromatic N) is 1. The van der Waals surface area contributed by atoms with Crippen LogP contribution in [0.15, 0.2) is 18.2 Å². The predicted molar refractivity (Wildman–Crippen MR) is 105 cm³/mol. The van der Waals surface area contributed by atoms with E-state index in [4.69, 9.17) is 20.9 Å². The van der Waals surface area contributed by atoms with Gasteiger partial charge >= 0.3 is 13.2 Å². The molecular formula is C19H29BClNO4. The number of carboxylic acid groups (broad SMARTS) is 1. The first-order valence-corrected chi connectivity index (χ1v) is 9.27. The lowest BCUT2D eigenvalue weighted by molar-refractivity contribution is 0.00578. The van der Waals surface area contributed by atoms with E-state index in [0.29, 0.717) is 18.0 Å². The molecule has 144 valence electrons. The van der Waals surface area contributed by atoms with Gasteiger partial charge in [-0.2, -0.15) is 0 Å². The van der Waals surface area contributed by atoms with E-state index >= 15 is 0 Å². The Labute approximate surface area is 161 Å². The van der Waals surface area contributed by atoms with Gasteiger partial charge in [0.25, 0.3) is 0 Å². The van der Waals surface area contributed by atoms with Gasteiger partial charge in [0.05, 0.1) is 11.2 Å². The van der Waals surface area contributed by atoms with Crippen LogP contribution >= 0.6 is 11.6 Å². The number of hydrogen-bond donors (Lipinski definition) is 1. The van der Waals surface area contributed by atoms with Crippen LogP contribution in [0.4, 0.5) is 4.79 Å². The molecule has 1 amide bonds. The highest BCUT2D eigenvalue weighted by Crippen LogP contribution is 2.37. The van der Waals surface area contributed by atoms with Gasteiger partial charge in [0.1, 0.15) is 0 Å². The minimum absolute atomic E-state index is 0.382. The topological polar surface area (TPSA) is 59.0 Å². The lowest BCUT2D eigenvalue weighted by Gasteiger charge is -2.33. The van der Waals surface area contributed by atoms with Crippen LogP contribution in [0.1, 0.15) is 54.0 Å². The van der Waals surface area contributed by atoms with Crippen LogP contribution in [0.5, 0.6) is 0 Å². The number of amides is 1. The van der Waals surface area contributed by atoms with E-state index < -0.39 is 30.0 Å². The van der Waals surface area contributed by atoms with Crippen molar-refractivity contribution in [1.29, 1.82) is 0 Å². The van der Waals surface area contributed by atoms with Crippen molar-refractivity contribution in [3.63, 3.8) is 0 Å². The van der Waals surface area contributed by atoms with E-state index in [0.717, 1.165) is 11.0 Å². The molecule has 1 N–H and O–H groups in total. The van der Waals surface area contributed by atoms with Crippen molar-refractivity contribution in [2.75, 3.05) is 6.54 Å². The summed E-state index contributed by atoms with van der Waals surface area (Å²) in [6.07, 6.45) is -0.371. The normalized spacial score (nSPS) is 18.8. The molecule has 0 spiro atoms. The molecule has 1 fully saturated rings. The van der Waals surface area contributed by atoms with Crippen molar-refractivity contribution < 1.29 is 19.2 Å². The van der Waals surface area contributed by atoms with Gasteiger partial charge in [-0.1, -0.05) is 17.7 Å². The van der Waals surface area contributed by atoms with Gasteiger partial charge in [-0.25, -0.2) is 4.79 Å². The van der Waals surface area contributed by atoms with Crippen molar-refractivity contribution in [3.05, 3.63) is 28.8 Å². The summed E-state index contributed by atoms with van der Waals surface area (Å²) >= 11 is 6.21. The number of halogens is 1. The van der Waals surface area contributed by atoms with E-state index in [1.807, 2.05) is 66.7 Å². The smallest absolute Gasteiger partial charge is 0.465 e. The van der Waals surface area contributed by atoms with Crippen LogP contribution in [0.3, 0.4) is 0 Å². The molecule has 5 nitrogen and oxygen atoms in total. The molecule has 0 bridgehead atoms. The van der Waals surface area contributed by atoms with Gasteiger partial charge in [0.15, 0.2) is 0 Å². The maximum absolute atomic E-state index is 11.6. The second-order valence-corrected chi connectivity index (χ2v) is 9.22. The predicted octanol–water partition coefficient (Wildman–Crippen LogP) is 3.96. The summed E-state index contributed by atoms with van der Waals surface area (Å²) in [7, 11) is -0.526. The quantitative estimate of drug-likeness (QED) is 0.802. The van der Waals surface area contributed by atoms with Crippen LogP contribution in [-0.4, -0.2) is 46.5 Å². The molecule has 2 rings (SSSR count). The molecule has 0 atom stereocenters. The number of hydrogen-bond acceptors (Lipinski definition) is 3. The molecule has 26 heavy (non-hydrogen) atoms. The molecule has 1 aliphatic heterocycles. The summed E-state index contributed by atoms with van der Waals surface area (Å²) in [5.74, 6) is 0. The maximum Gasteiger partial charge on any atom is 0.495 e. The molecule has 0 aliphatic carbocycles. The summed E-state index contributed by atoms with van der Waals surface area (Å²) in [4.78, 5) is 13.0. The van der Waals surface area contributed by atoms with Crippen LogP contribution in [0.25, 0.3) is 0 Å². The lowest BCUT2D eigenvalue weighted by Crippen LogP contribution is -2.46. The zero-order valence-electron chi connectivity index (χ0n) is 16.7. The van der Waals surface area contributed by atoms with Crippen LogP contribution < -0.4 is 5.46 Å². The molecule has 0 saturated carbocycles. The van der Waals surface area contributed by atoms with E-state index in [-0.39, 0.29) is 0 Å². The van der Waals surface area contributed by atoms with Crippen molar-refractivity contribution in [3.8, 4) is 0 Å². The molecule has 1 saturated heterocycles. The summed E-state index contributed by atoms with van der Waals surface area (Å²) in [5.41, 5.74) is 0.465. The standard InChI is InChI=1S/C19H29BClNO4/c1-17(2,3)22(16(23)24)11-10-13-8-9-14(21)12-15(13)20-25-18(4,5)19(6,7)26-20/h8-9,12H,10-11H2,1-7H3,(H,23,24). The van der Waals surface area contributed by atoms with Gasteiger partial charge in [-0.3, -0.25) is 0 Å². The monoisotopic (exact) mass is 381 g/mol. The van der Waals surface area contributed by atoms with Gasteiger partial charge in [-0.15, -0.1) is 0 Å². The van der Waals surface area contributed by atoms with Gasteiger partial charge in [0, 0.05) is 17.1 Å². The summed E-state index contributed by atoms with van der Waals surface area (Å²) in [5, 5.41) is 10.1. The third-order valence-corrected chi connectivity index (χ3v) is 5.50. The van der Waals surface area contributed by atoms with Crippen LogP contribution in [0.2, 0.25) is 5.02 Å². The highest BCUT2D eigenvalue weighted by atomic mass is 35.5. The SMILES string of the molecule is CC(C)(C)N(CCc1ccc(Cl)cc1B1OC(C)(C)C(C)(C)O1)C(=O)O. The average Bonchev–Trinajstić information content (AvgIpc) is 2.67. The lowest BCUT2D eigenvalue weighted by atomic mass is 9.75. The van der Waals surface area contributed by atoms with E-state index in [2.05, 4.69) is 0 Å². The van der Waals surface area contributed by atoms with E-state index in [1.165, 1.54) is 4.90 Å². The second-order valence-electron chi connectivity index (χ2n) is 8.79. The fourth-order valence-corrected chi connectivity index (χ4v) is 3.11. The summed E-state index contributed by atoms with van der Waals surface area (Å²) in [6.45, 7) is 14.1. The third-order valence-electron chi connectivity index (χ3n) is 5.26. The Kier molecular flexibility index (Phi) is 5.72. The highest BCUT2D eigenvalue weighted by molar-refractivity contribution is 6.63. The Hall–Kier alpha value is -1.24. The maximum atomic E-state index is 11.6. The molecule has 0 radical (unpaired) electrons. The third kappa shape index (κ3) is 4.35. The highest BCUT2D eigenvalue weighted by Gasteiger charge is 2.52. The molecule has 1 aliphatic rings. The van der Waals surface area contributed by atoms with Crippen molar-refractivity contribution >= 4 is 30.3 Å². The fourth-order valence-electron chi connectivity index (χ4n) is 2.93. The average molecular weight is 382 g/mol. The van der Waals surface area contributed by atoms with Gasteiger partial charge in [-0.05, 0) is 78.0 Å². The van der Waals surface area contributed by atoms with Gasteiger partial charge in [0.2, 0.25) is 0 Å². The number of benzene rings is 1. The zero-order chi connectivity index (χ0) is 19.9. The molecule has 1 heterocycles. The number of carbonyl (C=O) groups is 1. The van der Waals surface area contributed by atoms with Crippen LogP contribution in [-0.2, 0) is 15.7 Å². The minimum Gasteiger partial charge on any atom is -0.465 e. The summed E-state index contributed by atoms with van der Waals surface area (Å²) < 4.78 is 12.3. The largest absolute Gasteiger partial charge is 0.495 e. The number of rotatable bonds is 4. The Balaban J connectivity index is 2.28. The molecule has 0 unspecified atom stereocenters. The molecule has 0 aromatic heterocycles. The first-order valence-electron chi connectivity index (χ1n) is 8.89. The van der Waals surface area contributed by atoms with Crippen molar-refractivity contribution in [1.82, 2.24) is 4.90 Å². The first kappa shape index (κ1) is 21.1.